The molecule has 148 valence electrons. The maximum Gasteiger partial charge on any atom is 0.338 e. The summed E-state index contributed by atoms with van der Waals surface area (Å²) in [5, 5.41) is 27.3. The zero-order valence-electron chi connectivity index (χ0n) is 15.8. The lowest BCUT2D eigenvalue weighted by Crippen LogP contribution is -2.10. The molecule has 4 aromatic rings. The number of aliphatic hydroxyl groups excluding tert-OH is 1. The van der Waals surface area contributed by atoms with Crippen LogP contribution in [-0.4, -0.2) is 37.4 Å². The molecule has 0 aliphatic rings. The van der Waals surface area contributed by atoms with E-state index in [1.807, 2.05) is 30.3 Å². The lowest BCUT2D eigenvalue weighted by Gasteiger charge is -2.07. The smallest absolute Gasteiger partial charge is 0.338 e. The van der Waals surface area contributed by atoms with Crippen molar-refractivity contribution >= 4 is 22.6 Å². The summed E-state index contributed by atoms with van der Waals surface area (Å²) in [4.78, 5) is 16.7. The average Bonchev–Trinajstić information content (AvgIpc) is 3.42. The van der Waals surface area contributed by atoms with Crippen LogP contribution in [0.2, 0.25) is 0 Å². The number of nitriles is 1. The summed E-state index contributed by atoms with van der Waals surface area (Å²) in [6.45, 7) is -0.462. The summed E-state index contributed by atoms with van der Waals surface area (Å²) in [5.41, 5.74) is 2.36. The molecule has 2 heterocycles. The number of hydrogen-bond donors (Lipinski definition) is 1. The molecule has 0 aliphatic carbocycles. The van der Waals surface area contributed by atoms with Crippen molar-refractivity contribution in [2.45, 2.75) is 0 Å². The van der Waals surface area contributed by atoms with Gasteiger partial charge in [-0.1, -0.05) is 12.1 Å². The van der Waals surface area contributed by atoms with Crippen LogP contribution in [0.3, 0.4) is 0 Å². The van der Waals surface area contributed by atoms with Crippen LogP contribution >= 0.6 is 0 Å². The number of esters is 1. The van der Waals surface area contributed by atoms with Gasteiger partial charge in [-0.05, 0) is 36.4 Å². The van der Waals surface area contributed by atoms with E-state index in [-0.39, 0.29) is 22.7 Å². The summed E-state index contributed by atoms with van der Waals surface area (Å²) >= 11 is 0. The second-order valence-corrected chi connectivity index (χ2v) is 6.31. The molecule has 0 saturated carbocycles. The van der Waals surface area contributed by atoms with Crippen molar-refractivity contribution < 1.29 is 19.1 Å². The van der Waals surface area contributed by atoms with Gasteiger partial charge < -0.3 is 18.8 Å². The number of imidazole rings is 1. The van der Waals surface area contributed by atoms with Gasteiger partial charge >= 0.3 is 5.97 Å². The van der Waals surface area contributed by atoms with E-state index in [9.17, 15) is 15.2 Å². The fraction of sp³-hybridized carbons (Fsp3) is 0.0952. The van der Waals surface area contributed by atoms with Gasteiger partial charge in [0.15, 0.2) is 11.6 Å². The molecule has 0 amide bonds. The van der Waals surface area contributed by atoms with Crippen LogP contribution in [0, 0.1) is 11.3 Å². The quantitative estimate of drug-likeness (QED) is 0.307. The molecular formula is C21H15N5O4. The molecule has 30 heavy (non-hydrogen) atoms. The zero-order chi connectivity index (χ0) is 21.1. The number of rotatable bonds is 5. The summed E-state index contributed by atoms with van der Waals surface area (Å²) in [6, 6.07) is 15.7. The molecule has 4 rings (SSSR count). The van der Waals surface area contributed by atoms with Crippen molar-refractivity contribution in [3.8, 4) is 17.5 Å². The Hall–Kier alpha value is -4.45. The van der Waals surface area contributed by atoms with Gasteiger partial charge in [0.05, 0.1) is 16.6 Å². The Morgan fingerprint density at radius 3 is 2.67 bits per heavy atom. The number of para-hydroxylation sites is 2. The summed E-state index contributed by atoms with van der Waals surface area (Å²) in [7, 11) is 1.74. The number of carbonyl (C=O) groups excluding carboxylic acids is 1. The van der Waals surface area contributed by atoms with Crippen LogP contribution in [0.25, 0.3) is 28.1 Å². The Bertz CT molecular complexity index is 1280. The Morgan fingerprint density at radius 1 is 1.23 bits per heavy atom. The van der Waals surface area contributed by atoms with E-state index in [1.165, 1.54) is 6.39 Å². The van der Waals surface area contributed by atoms with E-state index in [0.717, 1.165) is 5.52 Å². The highest BCUT2D eigenvalue weighted by molar-refractivity contribution is 5.90. The van der Waals surface area contributed by atoms with Crippen molar-refractivity contribution in [3.63, 3.8) is 0 Å². The molecule has 0 spiro atoms. The molecule has 0 fully saturated rings. The van der Waals surface area contributed by atoms with Crippen LogP contribution < -0.4 is 0 Å². The van der Waals surface area contributed by atoms with Gasteiger partial charge in [0.1, 0.15) is 18.2 Å². The van der Waals surface area contributed by atoms with Crippen LogP contribution in [0.4, 0.5) is 0 Å². The Morgan fingerprint density at radius 2 is 2.00 bits per heavy atom. The van der Waals surface area contributed by atoms with Gasteiger partial charge in [-0.25, -0.2) is 9.78 Å². The van der Waals surface area contributed by atoms with Crippen molar-refractivity contribution in [2.24, 2.45) is 7.05 Å². The summed E-state index contributed by atoms with van der Waals surface area (Å²) in [5.74, 6) is -0.416. The number of carbonyl (C=O) groups is 1. The molecule has 0 aliphatic heterocycles. The third kappa shape index (κ3) is 3.49. The second-order valence-electron chi connectivity index (χ2n) is 6.31. The van der Waals surface area contributed by atoms with Crippen LogP contribution in [0.5, 0.6) is 0 Å². The van der Waals surface area contributed by atoms with Gasteiger partial charge in [0.25, 0.3) is 0 Å². The minimum absolute atomic E-state index is 0.0618. The highest BCUT2D eigenvalue weighted by Crippen LogP contribution is 2.22. The number of aryl methyl sites for hydroxylation is 1. The maximum absolute atomic E-state index is 12.3. The monoisotopic (exact) mass is 401 g/mol. The number of allylic oxidation sites excluding steroid dienone is 1. The highest BCUT2D eigenvalue weighted by atomic mass is 16.5. The van der Waals surface area contributed by atoms with Crippen molar-refractivity contribution in [3.05, 3.63) is 72.1 Å². The van der Waals surface area contributed by atoms with Crippen LogP contribution in [0.15, 0.2) is 65.1 Å². The molecule has 2 aromatic carbocycles. The number of aromatic nitrogens is 4. The molecule has 0 radical (unpaired) electrons. The fourth-order valence-electron chi connectivity index (χ4n) is 2.95. The number of nitrogens with zero attached hydrogens (tertiary/aromatic N) is 5. The molecule has 1 N–H and O–H groups in total. The van der Waals surface area contributed by atoms with E-state index in [4.69, 9.17) is 9.15 Å². The first kappa shape index (κ1) is 18.9. The largest absolute Gasteiger partial charge is 0.507 e. The number of hydrogen-bond acceptors (Lipinski definition) is 8. The molecule has 9 heteroatoms. The van der Waals surface area contributed by atoms with Gasteiger partial charge in [0, 0.05) is 12.6 Å². The molecule has 0 saturated heterocycles. The van der Waals surface area contributed by atoms with Gasteiger partial charge in [-0.2, -0.15) is 5.26 Å². The lowest BCUT2D eigenvalue weighted by atomic mass is 10.1. The predicted molar refractivity (Wildman–Crippen MR) is 106 cm³/mol. The van der Waals surface area contributed by atoms with Crippen LogP contribution in [-0.2, 0) is 11.8 Å². The Labute approximate surface area is 170 Å². The molecule has 0 bridgehead atoms. The molecule has 9 nitrogen and oxygen atoms in total. The first-order valence-electron chi connectivity index (χ1n) is 8.86. The average molecular weight is 401 g/mol. The van der Waals surface area contributed by atoms with Gasteiger partial charge in [-0.15, -0.1) is 10.2 Å². The van der Waals surface area contributed by atoms with E-state index in [0.29, 0.717) is 17.0 Å². The minimum atomic E-state index is -0.652. The molecular weight excluding hydrogens is 386 g/mol. The fourth-order valence-corrected chi connectivity index (χ4v) is 2.95. The van der Waals surface area contributed by atoms with Gasteiger partial charge in [0.2, 0.25) is 12.3 Å². The highest BCUT2D eigenvalue weighted by Gasteiger charge is 2.18. The molecule has 0 atom stereocenters. The standard InChI is InChI=1S/C21H15N5O4/c1-26-17-5-3-2-4-16(17)24-19(26)15(10-22)18(27)11-29-21(28)14-8-6-13(7-9-14)20-25-23-12-30-20/h2-9,12,27H,11H2,1H3/b18-15-. The van der Waals surface area contributed by atoms with E-state index in [1.54, 1.807) is 35.9 Å². The summed E-state index contributed by atoms with van der Waals surface area (Å²) < 4.78 is 11.9. The van der Waals surface area contributed by atoms with Crippen molar-refractivity contribution in [2.75, 3.05) is 6.61 Å². The Kier molecular flexibility index (Phi) is 4.97. The lowest BCUT2D eigenvalue weighted by molar-refractivity contribution is 0.0503. The number of aliphatic hydroxyl groups is 1. The van der Waals surface area contributed by atoms with E-state index in [2.05, 4.69) is 15.2 Å². The first-order valence-corrected chi connectivity index (χ1v) is 8.86. The maximum atomic E-state index is 12.3. The van der Waals surface area contributed by atoms with E-state index >= 15 is 0 Å². The SMILES string of the molecule is Cn1c(/C(C#N)=C(\O)COC(=O)c2ccc(-c3nnco3)cc2)nc2ccccc21. The number of benzene rings is 2. The minimum Gasteiger partial charge on any atom is -0.507 e. The van der Waals surface area contributed by atoms with Crippen LogP contribution in [0.1, 0.15) is 16.2 Å². The second kappa shape index (κ2) is 7.89. The molecule has 0 unspecified atom stereocenters. The summed E-state index contributed by atoms with van der Waals surface area (Å²) in [6.07, 6.45) is 1.21. The third-order valence-electron chi connectivity index (χ3n) is 4.48. The molecule has 2 aromatic heterocycles. The predicted octanol–water partition coefficient (Wildman–Crippen LogP) is 3.27. The van der Waals surface area contributed by atoms with Crippen molar-refractivity contribution in [1.82, 2.24) is 19.7 Å². The first-order chi connectivity index (χ1) is 14.6. The van der Waals surface area contributed by atoms with E-state index < -0.39 is 12.6 Å². The number of fused-ring (bicyclic) bond motifs is 1. The number of ether oxygens (including phenoxy) is 1. The third-order valence-corrected chi connectivity index (χ3v) is 4.48. The topological polar surface area (TPSA) is 127 Å². The van der Waals surface area contributed by atoms with Crippen molar-refractivity contribution in [1.29, 1.82) is 5.26 Å². The van der Waals surface area contributed by atoms with Gasteiger partial charge in [-0.3, -0.25) is 0 Å². The Balaban J connectivity index is 1.51. The normalized spacial score (nSPS) is 11.7. The zero-order valence-corrected chi connectivity index (χ0v) is 15.8.